The molecule has 0 aromatic carbocycles. The minimum Gasteiger partial charge on any atom is -0.418 e. The fourth-order valence-corrected chi connectivity index (χ4v) is 4.14. The monoisotopic (exact) mass is 489 g/mol. The normalized spacial score (nSPS) is 16.8. The molecule has 0 aromatic heterocycles. The third kappa shape index (κ3) is 10.9. The van der Waals surface area contributed by atoms with Gasteiger partial charge >= 0.3 is 7.25 Å². The van der Waals surface area contributed by atoms with Crippen molar-refractivity contribution in [1.29, 1.82) is 0 Å². The van der Waals surface area contributed by atoms with Gasteiger partial charge in [-0.1, -0.05) is 65.5 Å². The third-order valence-corrected chi connectivity index (χ3v) is 6.59. The Labute approximate surface area is 199 Å². The van der Waals surface area contributed by atoms with E-state index in [-0.39, 0.29) is 10.8 Å². The van der Waals surface area contributed by atoms with Gasteiger partial charge < -0.3 is 17.3 Å². The van der Waals surface area contributed by atoms with Gasteiger partial charge in [-0.2, -0.15) is 0 Å². The molecule has 0 aromatic rings. The van der Waals surface area contributed by atoms with Gasteiger partial charge in [0.1, 0.15) is 7.05 Å². The molecule has 2 aliphatic rings. The lowest BCUT2D eigenvalue weighted by Crippen LogP contribution is -2.17. The zero-order valence-electron chi connectivity index (χ0n) is 19.9. The molecule has 0 atom stereocenters. The number of rotatable bonds is 3. The third-order valence-electron chi connectivity index (χ3n) is 4.52. The summed E-state index contributed by atoms with van der Waals surface area (Å²) >= 11 is 7.76. The molecule has 0 spiro atoms. The quantitative estimate of drug-likeness (QED) is 0.167. The first-order valence-corrected chi connectivity index (χ1v) is 11.8. The minimum absolute atomic E-state index is 0.156. The Morgan fingerprint density at radius 2 is 1.25 bits per heavy atom. The van der Waals surface area contributed by atoms with Gasteiger partial charge in [0.2, 0.25) is 0 Å². The van der Waals surface area contributed by atoms with Gasteiger partial charge in [0.25, 0.3) is 0 Å². The van der Waals surface area contributed by atoms with E-state index in [0.29, 0.717) is 5.88 Å². The number of halogens is 5. The first-order chi connectivity index (χ1) is 14.5. The average molecular weight is 490 g/mol. The summed E-state index contributed by atoms with van der Waals surface area (Å²) in [4.78, 5) is 2.85. The van der Waals surface area contributed by atoms with Crippen LogP contribution >= 0.6 is 23.4 Å². The van der Waals surface area contributed by atoms with Gasteiger partial charge in [-0.15, -0.1) is 11.6 Å². The molecule has 0 saturated heterocycles. The van der Waals surface area contributed by atoms with E-state index in [1.54, 1.807) is 0 Å². The largest absolute Gasteiger partial charge is 0.673 e. The predicted octanol–water partition coefficient (Wildman–Crippen LogP) is 8.19. The second-order valence-electron chi connectivity index (χ2n) is 9.65. The van der Waals surface area contributed by atoms with E-state index in [1.807, 2.05) is 11.8 Å². The van der Waals surface area contributed by atoms with Crippen LogP contribution in [0.4, 0.5) is 17.3 Å². The number of alkyl halides is 1. The van der Waals surface area contributed by atoms with Crippen molar-refractivity contribution in [2.75, 3.05) is 19.5 Å². The Bertz CT molecular complexity index is 836. The van der Waals surface area contributed by atoms with Gasteiger partial charge in [0.15, 0.2) is 12.3 Å². The number of allylic oxidation sites excluding steroid dienone is 12. The molecule has 1 aliphatic heterocycles. The van der Waals surface area contributed by atoms with E-state index in [0.717, 1.165) is 6.54 Å². The van der Waals surface area contributed by atoms with Crippen molar-refractivity contribution in [3.05, 3.63) is 69.6 Å². The Kier molecular flexibility index (Phi) is 10.4. The van der Waals surface area contributed by atoms with Gasteiger partial charge in [-0.25, -0.2) is 4.58 Å². The fourth-order valence-electron chi connectivity index (χ4n) is 2.65. The molecule has 0 N–H and O–H groups in total. The van der Waals surface area contributed by atoms with Gasteiger partial charge in [0, 0.05) is 12.2 Å². The maximum atomic E-state index is 9.75. The lowest BCUT2D eigenvalue weighted by molar-refractivity contribution is -0.490. The second-order valence-corrected chi connectivity index (χ2v) is 11.1. The summed E-state index contributed by atoms with van der Waals surface area (Å²) in [6, 6.07) is 0. The summed E-state index contributed by atoms with van der Waals surface area (Å²) < 4.78 is 41.2. The molecule has 0 bridgehead atoms. The first kappa shape index (κ1) is 28.6. The summed E-state index contributed by atoms with van der Waals surface area (Å²) in [6.07, 6.45) is 17.7. The smallest absolute Gasteiger partial charge is 0.418 e. The molecule has 0 radical (unpaired) electrons. The van der Waals surface area contributed by atoms with Crippen molar-refractivity contribution in [2.24, 2.45) is 10.8 Å². The molecule has 1 aliphatic carbocycles. The highest BCUT2D eigenvalue weighted by atomic mass is 35.5. The predicted molar refractivity (Wildman–Crippen MR) is 134 cm³/mol. The topological polar surface area (TPSA) is 3.01 Å². The fraction of sp³-hybridized carbons (Fsp3) is 0.458. The molecule has 1 nitrogen and oxygen atoms in total. The van der Waals surface area contributed by atoms with Crippen molar-refractivity contribution in [1.82, 2.24) is 0 Å². The van der Waals surface area contributed by atoms with Crippen molar-refractivity contribution in [3.63, 3.8) is 0 Å². The van der Waals surface area contributed by atoms with Crippen LogP contribution in [0.15, 0.2) is 69.6 Å². The van der Waals surface area contributed by atoms with Crippen LogP contribution < -0.4 is 0 Å². The van der Waals surface area contributed by atoms with Crippen LogP contribution in [0.2, 0.25) is 0 Å². The standard InChI is InChI=1S/C24H33ClNS.BF4/c1-23(2,3)21-16-19(17-22(27-21)24(4,5)6)9-8-18-10-12-20(13-11-18)26(7)15-14-25;2-1(3,4)5/h8-13,16-17H,14-15H2,1-7H3;/q+1;-1. The van der Waals surface area contributed by atoms with Crippen LogP contribution in [-0.4, -0.2) is 37.0 Å². The molecular formula is C24H33BClF4NS. The van der Waals surface area contributed by atoms with E-state index in [9.17, 15) is 17.3 Å². The molecule has 0 saturated carbocycles. The lowest BCUT2D eigenvalue weighted by Gasteiger charge is -2.31. The van der Waals surface area contributed by atoms with Gasteiger partial charge in [-0.05, 0) is 56.1 Å². The highest BCUT2D eigenvalue weighted by Crippen LogP contribution is 2.48. The second kappa shape index (κ2) is 11.6. The maximum absolute atomic E-state index is 9.75. The van der Waals surface area contributed by atoms with Crippen LogP contribution in [0, 0.1) is 10.8 Å². The van der Waals surface area contributed by atoms with E-state index >= 15 is 0 Å². The zero-order valence-corrected chi connectivity index (χ0v) is 21.4. The van der Waals surface area contributed by atoms with Crippen LogP contribution in [0.3, 0.4) is 0 Å². The Balaban J connectivity index is 0.000000920. The van der Waals surface area contributed by atoms with E-state index < -0.39 is 7.25 Å². The molecule has 2 rings (SSSR count). The molecule has 178 valence electrons. The van der Waals surface area contributed by atoms with Gasteiger partial charge in [-0.3, -0.25) is 0 Å². The van der Waals surface area contributed by atoms with Crippen molar-refractivity contribution < 1.29 is 21.8 Å². The Morgan fingerprint density at radius 1 is 0.844 bits per heavy atom. The van der Waals surface area contributed by atoms with Crippen molar-refractivity contribution >= 4 is 36.3 Å². The van der Waals surface area contributed by atoms with Crippen LogP contribution in [0.1, 0.15) is 41.5 Å². The van der Waals surface area contributed by atoms with Crippen molar-refractivity contribution in [2.45, 2.75) is 41.5 Å². The first-order valence-electron chi connectivity index (χ1n) is 10.4. The number of thioether (sulfide) groups is 1. The lowest BCUT2D eigenvalue weighted by atomic mass is 9.91. The molecule has 0 unspecified atom stereocenters. The van der Waals surface area contributed by atoms with Gasteiger partial charge in [0.05, 0.1) is 5.88 Å². The van der Waals surface area contributed by atoms with E-state index in [2.05, 4.69) is 102 Å². The molecule has 32 heavy (non-hydrogen) atoms. The molecule has 0 amide bonds. The van der Waals surface area contributed by atoms with Crippen LogP contribution in [0.25, 0.3) is 0 Å². The molecule has 1 heterocycles. The van der Waals surface area contributed by atoms with Crippen molar-refractivity contribution in [3.8, 4) is 0 Å². The maximum Gasteiger partial charge on any atom is 0.673 e. The minimum atomic E-state index is -6.00. The average Bonchev–Trinajstić information content (AvgIpc) is 2.64. The number of nitrogens with zero attached hydrogens (tertiary/aromatic N) is 1. The van der Waals surface area contributed by atoms with Crippen LogP contribution in [-0.2, 0) is 0 Å². The number of hydrogen-bond acceptors (Lipinski definition) is 1. The Hall–Kier alpha value is -1.47. The van der Waals surface area contributed by atoms with E-state index in [1.165, 1.54) is 26.7 Å². The molecule has 0 fully saturated rings. The highest BCUT2D eigenvalue weighted by molar-refractivity contribution is 8.06. The molecule has 8 heteroatoms. The zero-order chi connectivity index (χ0) is 24.7. The summed E-state index contributed by atoms with van der Waals surface area (Å²) in [5.41, 5.74) is 3.98. The van der Waals surface area contributed by atoms with E-state index in [4.69, 9.17) is 11.6 Å². The molecular weight excluding hydrogens is 457 g/mol. The summed E-state index contributed by atoms with van der Waals surface area (Å²) in [7, 11) is -3.93. The summed E-state index contributed by atoms with van der Waals surface area (Å²) in [6.45, 7) is 14.6. The summed E-state index contributed by atoms with van der Waals surface area (Å²) in [5.74, 6) is 0.638. The summed E-state index contributed by atoms with van der Waals surface area (Å²) in [5, 5.41) is 0. The van der Waals surface area contributed by atoms with Crippen LogP contribution in [0.5, 0.6) is 0 Å². The highest BCUT2D eigenvalue weighted by Gasteiger charge is 2.27. The number of hydrogen-bond donors (Lipinski definition) is 0. The Morgan fingerprint density at radius 3 is 1.62 bits per heavy atom. The SMILES string of the molecule is C[N+](CCCl)=C1C=CC(=CC=C2C=C(C(C)(C)C)SC(C(C)(C)C)=C2)C=C1.F[B-](F)(F)F.